The van der Waals surface area contributed by atoms with Gasteiger partial charge >= 0.3 is 0 Å². The van der Waals surface area contributed by atoms with E-state index in [1.165, 1.54) is 12.1 Å². The molecule has 116 valence electrons. The highest BCUT2D eigenvalue weighted by Gasteiger charge is 2.35. The van der Waals surface area contributed by atoms with Gasteiger partial charge in [-0.2, -0.15) is 0 Å². The van der Waals surface area contributed by atoms with Gasteiger partial charge < -0.3 is 10.4 Å². The Morgan fingerprint density at radius 1 is 1.36 bits per heavy atom. The van der Waals surface area contributed by atoms with Gasteiger partial charge in [-0.05, 0) is 38.0 Å². The summed E-state index contributed by atoms with van der Waals surface area (Å²) in [5.74, 6) is -0.613. The highest BCUT2D eigenvalue weighted by molar-refractivity contribution is 6.06. The molecule has 1 heterocycles. The maximum Gasteiger partial charge on any atom is 0.252 e. The fraction of sp³-hybridized carbons (Fsp3) is 0.412. The minimum Gasteiger partial charge on any atom is -0.394 e. The summed E-state index contributed by atoms with van der Waals surface area (Å²) in [7, 11) is 0. The van der Waals surface area contributed by atoms with Crippen LogP contribution < -0.4 is 5.32 Å². The molecule has 0 unspecified atom stereocenters. The van der Waals surface area contributed by atoms with Crippen molar-refractivity contribution in [1.82, 2.24) is 10.3 Å². The average molecular weight is 302 g/mol. The number of carbonyl (C=O) groups excluding carboxylic acids is 1. The van der Waals surface area contributed by atoms with E-state index in [2.05, 4.69) is 10.3 Å². The number of aromatic nitrogens is 1. The third-order valence-corrected chi connectivity index (χ3v) is 4.39. The summed E-state index contributed by atoms with van der Waals surface area (Å²) in [6, 6.07) is 5.94. The molecule has 1 amide bonds. The predicted molar refractivity (Wildman–Crippen MR) is 82.2 cm³/mol. The van der Waals surface area contributed by atoms with Crippen LogP contribution in [-0.4, -0.2) is 28.1 Å². The molecule has 1 aliphatic rings. The normalized spacial score (nSPS) is 16.9. The SMILES string of the molecule is Cc1cc(C(=O)NC2(CO)CCCC2)c2ccc(F)cc2n1. The molecule has 3 rings (SSSR count). The standard InChI is InChI=1S/C17H19FN2O2/c1-11-8-14(13-5-4-12(18)9-15(13)19-11)16(22)20-17(10-21)6-2-3-7-17/h4-5,8-9,21H,2-3,6-7,10H2,1H3,(H,20,22). The van der Waals surface area contributed by atoms with E-state index in [-0.39, 0.29) is 18.3 Å². The molecule has 1 saturated carbocycles. The number of hydrogen-bond donors (Lipinski definition) is 2. The number of aliphatic hydroxyl groups is 1. The number of pyridine rings is 1. The highest BCUT2D eigenvalue weighted by Crippen LogP contribution is 2.30. The molecule has 0 radical (unpaired) electrons. The van der Waals surface area contributed by atoms with E-state index in [4.69, 9.17) is 0 Å². The van der Waals surface area contributed by atoms with Crippen LogP contribution in [0.5, 0.6) is 0 Å². The molecule has 4 nitrogen and oxygen atoms in total. The van der Waals surface area contributed by atoms with E-state index in [1.54, 1.807) is 19.1 Å². The fourth-order valence-electron chi connectivity index (χ4n) is 3.20. The number of hydrogen-bond acceptors (Lipinski definition) is 3. The summed E-state index contributed by atoms with van der Waals surface area (Å²) in [4.78, 5) is 17.0. The third kappa shape index (κ3) is 2.68. The molecule has 0 saturated heterocycles. The Hall–Kier alpha value is -2.01. The summed E-state index contributed by atoms with van der Waals surface area (Å²) >= 11 is 0. The second-order valence-electron chi connectivity index (χ2n) is 6.07. The monoisotopic (exact) mass is 302 g/mol. The van der Waals surface area contributed by atoms with Crippen molar-refractivity contribution < 1.29 is 14.3 Å². The number of nitrogens with one attached hydrogen (secondary N) is 1. The van der Waals surface area contributed by atoms with E-state index in [0.717, 1.165) is 25.7 Å². The lowest BCUT2D eigenvalue weighted by molar-refractivity contribution is 0.0840. The second kappa shape index (κ2) is 5.65. The first kappa shape index (κ1) is 14.9. The first-order valence-electron chi connectivity index (χ1n) is 7.53. The molecule has 1 aliphatic carbocycles. The van der Waals surface area contributed by atoms with Crippen LogP contribution in [-0.2, 0) is 0 Å². The van der Waals surface area contributed by atoms with Gasteiger partial charge in [-0.15, -0.1) is 0 Å². The summed E-state index contributed by atoms with van der Waals surface area (Å²) in [5, 5.41) is 13.2. The van der Waals surface area contributed by atoms with Crippen LogP contribution in [0, 0.1) is 12.7 Å². The molecule has 2 aromatic rings. The molecule has 0 aliphatic heterocycles. The number of carbonyl (C=O) groups is 1. The number of fused-ring (bicyclic) bond motifs is 1. The van der Waals surface area contributed by atoms with E-state index in [9.17, 15) is 14.3 Å². The maximum atomic E-state index is 13.4. The van der Waals surface area contributed by atoms with Crippen LogP contribution >= 0.6 is 0 Å². The van der Waals surface area contributed by atoms with Gasteiger partial charge in [0.15, 0.2) is 0 Å². The number of amides is 1. The fourth-order valence-corrected chi connectivity index (χ4v) is 3.20. The number of aliphatic hydroxyl groups excluding tert-OH is 1. The van der Waals surface area contributed by atoms with E-state index in [0.29, 0.717) is 22.2 Å². The first-order chi connectivity index (χ1) is 10.5. The largest absolute Gasteiger partial charge is 0.394 e. The van der Waals surface area contributed by atoms with Crippen molar-refractivity contribution in [2.75, 3.05) is 6.61 Å². The summed E-state index contributed by atoms with van der Waals surface area (Å²) in [5.41, 5.74) is 1.07. The van der Waals surface area contributed by atoms with Crippen molar-refractivity contribution in [1.29, 1.82) is 0 Å². The van der Waals surface area contributed by atoms with Crippen LogP contribution in [0.1, 0.15) is 41.7 Å². The van der Waals surface area contributed by atoms with Crippen molar-refractivity contribution in [3.63, 3.8) is 0 Å². The molecule has 22 heavy (non-hydrogen) atoms. The molecule has 1 aromatic carbocycles. The minimum atomic E-state index is -0.527. The number of benzene rings is 1. The zero-order chi connectivity index (χ0) is 15.7. The topological polar surface area (TPSA) is 62.2 Å². The van der Waals surface area contributed by atoms with Gasteiger partial charge in [0.2, 0.25) is 0 Å². The highest BCUT2D eigenvalue weighted by atomic mass is 19.1. The number of halogens is 1. The van der Waals surface area contributed by atoms with E-state index in [1.807, 2.05) is 0 Å². The van der Waals surface area contributed by atoms with Crippen LogP contribution in [0.25, 0.3) is 10.9 Å². The Labute approximate surface area is 128 Å². The quantitative estimate of drug-likeness (QED) is 0.916. The number of rotatable bonds is 3. The molecular formula is C17H19FN2O2. The molecule has 5 heteroatoms. The third-order valence-electron chi connectivity index (χ3n) is 4.39. The summed E-state index contributed by atoms with van der Waals surface area (Å²) in [6.07, 6.45) is 3.57. The van der Waals surface area contributed by atoms with Crippen LogP contribution in [0.3, 0.4) is 0 Å². The van der Waals surface area contributed by atoms with Crippen LogP contribution in [0.15, 0.2) is 24.3 Å². The summed E-state index contributed by atoms with van der Waals surface area (Å²) < 4.78 is 13.4. The van der Waals surface area contributed by atoms with E-state index < -0.39 is 5.54 Å². The Kier molecular flexibility index (Phi) is 3.83. The first-order valence-corrected chi connectivity index (χ1v) is 7.53. The van der Waals surface area contributed by atoms with Gasteiger partial charge in [0, 0.05) is 17.1 Å². The van der Waals surface area contributed by atoms with Crippen molar-refractivity contribution in [2.45, 2.75) is 38.1 Å². The van der Waals surface area contributed by atoms with Crippen LogP contribution in [0.4, 0.5) is 4.39 Å². The Morgan fingerprint density at radius 3 is 2.77 bits per heavy atom. The van der Waals surface area contributed by atoms with Crippen LogP contribution in [0.2, 0.25) is 0 Å². The number of aryl methyl sites for hydroxylation is 1. The Bertz CT molecular complexity index is 719. The lowest BCUT2D eigenvalue weighted by atomic mass is 9.97. The smallest absolute Gasteiger partial charge is 0.252 e. The van der Waals surface area contributed by atoms with Gasteiger partial charge in [0.25, 0.3) is 5.91 Å². The lowest BCUT2D eigenvalue weighted by Gasteiger charge is -2.28. The Morgan fingerprint density at radius 2 is 2.09 bits per heavy atom. The van der Waals surface area contributed by atoms with Crippen molar-refractivity contribution in [3.8, 4) is 0 Å². The van der Waals surface area contributed by atoms with Gasteiger partial charge in [0.05, 0.1) is 23.2 Å². The molecule has 0 bridgehead atoms. The summed E-state index contributed by atoms with van der Waals surface area (Å²) in [6.45, 7) is 1.72. The van der Waals surface area contributed by atoms with Crippen molar-refractivity contribution in [2.24, 2.45) is 0 Å². The van der Waals surface area contributed by atoms with Gasteiger partial charge in [-0.3, -0.25) is 9.78 Å². The van der Waals surface area contributed by atoms with Gasteiger partial charge in [0.1, 0.15) is 5.82 Å². The van der Waals surface area contributed by atoms with Gasteiger partial charge in [-0.1, -0.05) is 12.8 Å². The van der Waals surface area contributed by atoms with Crippen molar-refractivity contribution >= 4 is 16.8 Å². The zero-order valence-corrected chi connectivity index (χ0v) is 12.5. The average Bonchev–Trinajstić information content (AvgIpc) is 2.95. The Balaban J connectivity index is 2.00. The molecule has 1 aromatic heterocycles. The maximum absolute atomic E-state index is 13.4. The molecule has 0 spiro atoms. The molecule has 2 N–H and O–H groups in total. The van der Waals surface area contributed by atoms with Gasteiger partial charge in [-0.25, -0.2) is 4.39 Å². The lowest BCUT2D eigenvalue weighted by Crippen LogP contribution is -2.49. The number of nitrogens with zero attached hydrogens (tertiary/aromatic N) is 1. The minimum absolute atomic E-state index is 0.0602. The predicted octanol–water partition coefficient (Wildman–Crippen LogP) is 2.72. The molecule has 1 fully saturated rings. The van der Waals surface area contributed by atoms with Crippen molar-refractivity contribution in [3.05, 3.63) is 41.3 Å². The van der Waals surface area contributed by atoms with E-state index >= 15 is 0 Å². The second-order valence-corrected chi connectivity index (χ2v) is 6.07. The molecular weight excluding hydrogens is 283 g/mol. The zero-order valence-electron chi connectivity index (χ0n) is 12.5. The molecule has 0 atom stereocenters.